The largest absolute Gasteiger partial charge is 0.462 e. The van der Waals surface area contributed by atoms with Crippen molar-refractivity contribution < 1.29 is 19.1 Å². The van der Waals surface area contributed by atoms with Gasteiger partial charge in [-0.15, -0.1) is 0 Å². The van der Waals surface area contributed by atoms with Crippen LogP contribution in [-0.4, -0.2) is 29.3 Å². The molecule has 0 aliphatic carbocycles. The summed E-state index contributed by atoms with van der Waals surface area (Å²) in [6.45, 7) is 7.62. The number of aromatic nitrogens is 1. The highest BCUT2D eigenvalue weighted by molar-refractivity contribution is 6.07. The average Bonchev–Trinajstić information content (AvgIpc) is 2.99. The monoisotopic (exact) mass is 370 g/mol. The van der Waals surface area contributed by atoms with Gasteiger partial charge in [0, 0.05) is 16.9 Å². The van der Waals surface area contributed by atoms with E-state index in [0.717, 1.165) is 12.8 Å². The van der Waals surface area contributed by atoms with Crippen molar-refractivity contribution in [2.45, 2.75) is 47.0 Å². The van der Waals surface area contributed by atoms with Crippen LogP contribution in [0.15, 0.2) is 24.3 Å². The molecule has 6 nitrogen and oxygen atoms in total. The second-order valence-electron chi connectivity index (χ2n) is 6.41. The molecule has 0 saturated heterocycles. The third-order valence-corrected chi connectivity index (χ3v) is 4.33. The molecule has 0 spiro atoms. The van der Waals surface area contributed by atoms with Crippen LogP contribution < -0.4 is 5.32 Å². The number of amides is 1. The molecule has 0 aliphatic rings. The minimum Gasteiger partial charge on any atom is -0.462 e. The first-order chi connectivity index (χ1) is 12.9. The zero-order valence-corrected chi connectivity index (χ0v) is 16.3. The van der Waals surface area contributed by atoms with Crippen LogP contribution in [0.3, 0.4) is 0 Å². The van der Waals surface area contributed by atoms with Crippen LogP contribution in [-0.2, 0) is 11.2 Å². The summed E-state index contributed by atoms with van der Waals surface area (Å²) in [7, 11) is 0. The van der Waals surface area contributed by atoms with Crippen LogP contribution in [0.2, 0.25) is 0 Å². The quantitative estimate of drug-likeness (QED) is 0.412. The van der Waals surface area contributed by atoms with Crippen molar-refractivity contribution in [3.05, 3.63) is 52.3 Å². The van der Waals surface area contributed by atoms with Crippen molar-refractivity contribution >= 4 is 23.3 Å². The van der Waals surface area contributed by atoms with Crippen molar-refractivity contribution in [3.63, 3.8) is 0 Å². The fourth-order valence-corrected chi connectivity index (χ4v) is 2.98. The van der Waals surface area contributed by atoms with Crippen molar-refractivity contribution in [2.24, 2.45) is 0 Å². The van der Waals surface area contributed by atoms with Gasteiger partial charge in [-0.05, 0) is 56.5 Å². The van der Waals surface area contributed by atoms with Gasteiger partial charge in [0.25, 0.3) is 5.91 Å². The van der Waals surface area contributed by atoms with Gasteiger partial charge in [-0.25, -0.2) is 4.79 Å². The standard InChI is InChI=1S/C21H26N2O4/c1-5-7-12-27-21(26)15-8-10-16(11-9-15)23-20(25)19-17(6-2)18(14(4)24)13(3)22-19/h8-11,22H,5-7,12H2,1-4H3,(H,23,25). The second-order valence-corrected chi connectivity index (χ2v) is 6.41. The third-order valence-electron chi connectivity index (χ3n) is 4.33. The fraction of sp³-hybridized carbons (Fsp3) is 0.381. The molecule has 6 heteroatoms. The molecular formula is C21H26N2O4. The Balaban J connectivity index is 2.12. The lowest BCUT2D eigenvalue weighted by Gasteiger charge is -2.08. The molecule has 2 rings (SSSR count). The molecule has 0 unspecified atom stereocenters. The van der Waals surface area contributed by atoms with Gasteiger partial charge in [0.2, 0.25) is 0 Å². The molecule has 1 amide bonds. The summed E-state index contributed by atoms with van der Waals surface area (Å²) in [6.07, 6.45) is 2.36. The number of unbranched alkanes of at least 4 members (excludes halogenated alkanes) is 1. The SMILES string of the molecule is CCCCOC(=O)c1ccc(NC(=O)c2[nH]c(C)c(C(C)=O)c2CC)cc1. The van der Waals surface area contributed by atoms with Gasteiger partial charge in [0.1, 0.15) is 5.69 Å². The maximum Gasteiger partial charge on any atom is 0.338 e. The number of nitrogens with one attached hydrogen (secondary N) is 2. The first kappa shape index (κ1) is 20.4. The van der Waals surface area contributed by atoms with Gasteiger partial charge in [-0.3, -0.25) is 9.59 Å². The number of anilines is 1. The van der Waals surface area contributed by atoms with Gasteiger partial charge in [0.15, 0.2) is 5.78 Å². The Labute approximate surface area is 159 Å². The zero-order valence-electron chi connectivity index (χ0n) is 16.3. The molecule has 0 saturated carbocycles. The molecular weight excluding hydrogens is 344 g/mol. The molecule has 0 aliphatic heterocycles. The van der Waals surface area contributed by atoms with E-state index >= 15 is 0 Å². The van der Waals surface area contributed by atoms with E-state index in [1.54, 1.807) is 31.2 Å². The van der Waals surface area contributed by atoms with Crippen molar-refractivity contribution in [3.8, 4) is 0 Å². The van der Waals surface area contributed by atoms with Crippen molar-refractivity contribution in [1.82, 2.24) is 4.98 Å². The van der Waals surface area contributed by atoms with Crippen LogP contribution in [0, 0.1) is 6.92 Å². The number of carbonyl (C=O) groups is 3. The summed E-state index contributed by atoms with van der Waals surface area (Å²) < 4.78 is 5.16. The molecule has 1 heterocycles. The molecule has 0 radical (unpaired) electrons. The summed E-state index contributed by atoms with van der Waals surface area (Å²) in [5, 5.41) is 2.80. The number of ether oxygens (including phenoxy) is 1. The van der Waals surface area contributed by atoms with E-state index in [2.05, 4.69) is 10.3 Å². The predicted molar refractivity (Wildman–Crippen MR) is 104 cm³/mol. The van der Waals surface area contributed by atoms with Gasteiger partial charge < -0.3 is 15.0 Å². The number of hydrogen-bond donors (Lipinski definition) is 2. The first-order valence-corrected chi connectivity index (χ1v) is 9.19. The number of aryl methyl sites for hydroxylation is 1. The Morgan fingerprint density at radius 3 is 2.33 bits per heavy atom. The molecule has 144 valence electrons. The lowest BCUT2D eigenvalue weighted by Crippen LogP contribution is -2.15. The lowest BCUT2D eigenvalue weighted by atomic mass is 10.0. The maximum absolute atomic E-state index is 12.6. The summed E-state index contributed by atoms with van der Waals surface area (Å²) in [4.78, 5) is 39.4. The minimum atomic E-state index is -0.374. The van der Waals surface area contributed by atoms with E-state index in [9.17, 15) is 14.4 Å². The molecule has 2 aromatic rings. The number of ketones is 1. The van der Waals surface area contributed by atoms with E-state index in [1.807, 2.05) is 13.8 Å². The minimum absolute atomic E-state index is 0.0643. The average molecular weight is 370 g/mol. The van der Waals surface area contributed by atoms with Gasteiger partial charge in [-0.1, -0.05) is 20.3 Å². The van der Waals surface area contributed by atoms with Crippen molar-refractivity contribution in [2.75, 3.05) is 11.9 Å². The summed E-state index contributed by atoms with van der Waals surface area (Å²) in [6, 6.07) is 6.54. The van der Waals surface area contributed by atoms with Gasteiger partial charge >= 0.3 is 5.97 Å². The summed E-state index contributed by atoms with van der Waals surface area (Å²) >= 11 is 0. The Morgan fingerprint density at radius 1 is 1.11 bits per heavy atom. The molecule has 0 fully saturated rings. The van der Waals surface area contributed by atoms with Gasteiger partial charge in [-0.2, -0.15) is 0 Å². The number of Topliss-reactive ketones (excluding diaryl/α,β-unsaturated/α-hetero) is 1. The number of aromatic amines is 1. The lowest BCUT2D eigenvalue weighted by molar-refractivity contribution is 0.0499. The van der Waals surface area contributed by atoms with Crippen LogP contribution in [0.4, 0.5) is 5.69 Å². The van der Waals surface area contributed by atoms with Crippen molar-refractivity contribution in [1.29, 1.82) is 0 Å². The number of carbonyl (C=O) groups excluding carboxylic acids is 3. The smallest absolute Gasteiger partial charge is 0.338 e. The predicted octanol–water partition coefficient (Wildman–Crippen LogP) is 4.30. The highest BCUT2D eigenvalue weighted by atomic mass is 16.5. The first-order valence-electron chi connectivity index (χ1n) is 9.19. The highest BCUT2D eigenvalue weighted by Gasteiger charge is 2.21. The van der Waals surface area contributed by atoms with E-state index < -0.39 is 0 Å². The van der Waals surface area contributed by atoms with Crippen LogP contribution in [0.5, 0.6) is 0 Å². The highest BCUT2D eigenvalue weighted by Crippen LogP contribution is 2.21. The Morgan fingerprint density at radius 2 is 1.78 bits per heavy atom. The normalized spacial score (nSPS) is 10.5. The third kappa shape index (κ3) is 4.84. The van der Waals surface area contributed by atoms with Crippen LogP contribution in [0.1, 0.15) is 76.1 Å². The molecule has 27 heavy (non-hydrogen) atoms. The summed E-state index contributed by atoms with van der Waals surface area (Å²) in [5.41, 5.74) is 3.37. The Bertz CT molecular complexity index is 835. The number of esters is 1. The number of hydrogen-bond acceptors (Lipinski definition) is 4. The molecule has 1 aromatic carbocycles. The summed E-state index contributed by atoms with van der Waals surface area (Å²) in [5.74, 6) is -0.757. The van der Waals surface area contributed by atoms with E-state index in [1.165, 1.54) is 6.92 Å². The van der Waals surface area contributed by atoms with Gasteiger partial charge in [0.05, 0.1) is 12.2 Å². The second kappa shape index (κ2) is 9.16. The number of rotatable bonds is 8. The van der Waals surface area contributed by atoms with E-state index in [0.29, 0.717) is 46.8 Å². The Kier molecular flexibility index (Phi) is 6.93. The molecule has 0 atom stereocenters. The van der Waals surface area contributed by atoms with E-state index in [-0.39, 0.29) is 17.7 Å². The molecule has 2 N–H and O–H groups in total. The van der Waals surface area contributed by atoms with E-state index in [4.69, 9.17) is 4.74 Å². The van der Waals surface area contributed by atoms with Crippen LogP contribution >= 0.6 is 0 Å². The molecule has 0 bridgehead atoms. The van der Waals surface area contributed by atoms with Crippen LogP contribution in [0.25, 0.3) is 0 Å². The maximum atomic E-state index is 12.6. The topological polar surface area (TPSA) is 88.3 Å². The zero-order chi connectivity index (χ0) is 20.0. The Hall–Kier alpha value is -2.89. The number of benzene rings is 1. The number of H-pyrrole nitrogens is 1. The fourth-order valence-electron chi connectivity index (χ4n) is 2.98. The molecule has 1 aromatic heterocycles.